The molecule has 1 aliphatic rings. The number of carbonyl (C=O) groups excluding carboxylic acids is 1. The van der Waals surface area contributed by atoms with Crippen molar-refractivity contribution < 1.29 is 13.9 Å². The molecule has 0 saturated heterocycles. The topological polar surface area (TPSA) is 26.3 Å². The Labute approximate surface area is 126 Å². The summed E-state index contributed by atoms with van der Waals surface area (Å²) in [5, 5.41) is 0. The van der Waals surface area contributed by atoms with Crippen molar-refractivity contribution in [3.63, 3.8) is 0 Å². The van der Waals surface area contributed by atoms with E-state index in [4.69, 9.17) is 4.74 Å². The van der Waals surface area contributed by atoms with Gasteiger partial charge in [-0.2, -0.15) is 0 Å². The van der Waals surface area contributed by atoms with Crippen molar-refractivity contribution in [1.29, 1.82) is 0 Å². The number of ether oxygens (including phenoxy) is 1. The van der Waals surface area contributed by atoms with Gasteiger partial charge in [0, 0.05) is 0 Å². The first-order chi connectivity index (χ1) is 9.69. The Morgan fingerprint density at radius 3 is 2.33 bits per heavy atom. The average Bonchev–Trinajstić information content (AvgIpc) is 2.43. The lowest BCUT2D eigenvalue weighted by Crippen LogP contribution is -2.34. The minimum atomic E-state index is -1.70. The van der Waals surface area contributed by atoms with Gasteiger partial charge in [-0.25, -0.2) is 9.18 Å². The van der Waals surface area contributed by atoms with E-state index in [0.29, 0.717) is 5.56 Å². The molecule has 0 spiro atoms. The summed E-state index contributed by atoms with van der Waals surface area (Å²) in [6.45, 7) is 10.7. The first-order valence-corrected chi connectivity index (χ1v) is 7.64. The maximum Gasteiger partial charge on any atom is 0.345 e. The number of halogens is 1. The number of benzene rings is 1. The third-order valence-electron chi connectivity index (χ3n) is 4.66. The number of rotatable bonds is 3. The Morgan fingerprint density at radius 1 is 1.19 bits per heavy atom. The fraction of sp³-hybridized carbons (Fsp3) is 0.611. The Hall–Kier alpha value is -1.38. The molecule has 1 aliphatic carbocycles. The molecule has 2 rings (SSSR count). The third kappa shape index (κ3) is 2.97. The van der Waals surface area contributed by atoms with Crippen molar-refractivity contribution in [2.24, 2.45) is 0 Å². The molecule has 1 unspecified atom stereocenters. The molecule has 1 aromatic rings. The summed E-state index contributed by atoms with van der Waals surface area (Å²) in [6.07, 6.45) is 0.479. The van der Waals surface area contributed by atoms with Crippen molar-refractivity contribution in [1.82, 2.24) is 0 Å². The summed E-state index contributed by atoms with van der Waals surface area (Å²) in [4.78, 5) is 11.6. The molecule has 0 heterocycles. The molecule has 1 aromatic carbocycles. The summed E-state index contributed by atoms with van der Waals surface area (Å²) in [5.41, 5.74) is 2.92. The summed E-state index contributed by atoms with van der Waals surface area (Å²) < 4.78 is 19.0. The van der Waals surface area contributed by atoms with E-state index in [1.54, 1.807) is 13.0 Å². The van der Waals surface area contributed by atoms with Crippen LogP contribution < -0.4 is 0 Å². The molecule has 0 N–H and O–H groups in total. The van der Waals surface area contributed by atoms with Crippen LogP contribution in [0.15, 0.2) is 18.2 Å². The number of esters is 1. The second-order valence-electron chi connectivity index (χ2n) is 7.19. The number of alkyl halides is 1. The Morgan fingerprint density at radius 2 is 1.76 bits per heavy atom. The van der Waals surface area contributed by atoms with Crippen molar-refractivity contribution in [2.75, 3.05) is 6.61 Å². The maximum atomic E-state index is 14.3. The molecule has 116 valence electrons. The summed E-state index contributed by atoms with van der Waals surface area (Å²) in [6, 6.07) is 5.57. The van der Waals surface area contributed by atoms with Gasteiger partial charge in [0.2, 0.25) is 6.17 Å². The molecule has 0 radical (unpaired) electrons. The van der Waals surface area contributed by atoms with E-state index in [1.807, 2.05) is 12.1 Å². The van der Waals surface area contributed by atoms with Crippen LogP contribution in [0, 0.1) is 0 Å². The van der Waals surface area contributed by atoms with E-state index < -0.39 is 12.1 Å². The molecule has 21 heavy (non-hydrogen) atoms. The normalized spacial score (nSPS) is 20.5. The second-order valence-corrected chi connectivity index (χ2v) is 7.19. The molecular formula is C18H25FO2. The van der Waals surface area contributed by atoms with Crippen LogP contribution in [0.25, 0.3) is 0 Å². The van der Waals surface area contributed by atoms with E-state index in [2.05, 4.69) is 27.7 Å². The quantitative estimate of drug-likeness (QED) is 0.760. The second kappa shape index (κ2) is 5.43. The number of carbonyl (C=O) groups is 1. The van der Waals surface area contributed by atoms with Gasteiger partial charge in [-0.3, -0.25) is 0 Å². The van der Waals surface area contributed by atoms with Crippen LogP contribution in [0.1, 0.15) is 70.3 Å². The van der Waals surface area contributed by atoms with Crippen molar-refractivity contribution >= 4 is 5.97 Å². The van der Waals surface area contributed by atoms with Crippen LogP contribution in [0.4, 0.5) is 4.39 Å². The Bertz CT molecular complexity index is 546. The molecular weight excluding hydrogens is 267 g/mol. The zero-order chi connectivity index (χ0) is 15.8. The summed E-state index contributed by atoms with van der Waals surface area (Å²) >= 11 is 0. The molecule has 3 heteroatoms. The molecule has 0 aliphatic heterocycles. The Kier molecular flexibility index (Phi) is 4.14. The summed E-state index contributed by atoms with van der Waals surface area (Å²) in [5.74, 6) is -0.801. The number of hydrogen-bond acceptors (Lipinski definition) is 2. The SMILES string of the molecule is CCOC(=O)C(F)c1ccc2c(c1)C(C)(C)CCC2(C)C. The molecule has 0 bridgehead atoms. The minimum Gasteiger partial charge on any atom is -0.464 e. The minimum absolute atomic E-state index is 0.00917. The van der Waals surface area contributed by atoms with Gasteiger partial charge in [0.25, 0.3) is 0 Å². The largest absolute Gasteiger partial charge is 0.464 e. The van der Waals surface area contributed by atoms with Gasteiger partial charge in [-0.15, -0.1) is 0 Å². The molecule has 1 atom stereocenters. The van der Waals surface area contributed by atoms with Gasteiger partial charge in [-0.1, -0.05) is 45.9 Å². The lowest BCUT2D eigenvalue weighted by molar-refractivity contribution is -0.149. The van der Waals surface area contributed by atoms with Crippen LogP contribution in [0.5, 0.6) is 0 Å². The van der Waals surface area contributed by atoms with Gasteiger partial charge in [0.05, 0.1) is 6.61 Å². The van der Waals surface area contributed by atoms with Crippen molar-refractivity contribution in [3.05, 3.63) is 34.9 Å². The fourth-order valence-electron chi connectivity index (χ4n) is 3.12. The van der Waals surface area contributed by atoms with Crippen LogP contribution in [-0.4, -0.2) is 12.6 Å². The number of fused-ring (bicyclic) bond motifs is 1. The van der Waals surface area contributed by atoms with Gasteiger partial charge in [0.15, 0.2) is 0 Å². The zero-order valence-corrected chi connectivity index (χ0v) is 13.6. The van der Waals surface area contributed by atoms with Crippen LogP contribution in [0.3, 0.4) is 0 Å². The fourth-order valence-corrected chi connectivity index (χ4v) is 3.12. The maximum absolute atomic E-state index is 14.3. The monoisotopic (exact) mass is 292 g/mol. The van der Waals surface area contributed by atoms with E-state index >= 15 is 0 Å². The van der Waals surface area contributed by atoms with Crippen molar-refractivity contribution in [3.8, 4) is 0 Å². The first-order valence-electron chi connectivity index (χ1n) is 7.64. The standard InChI is InChI=1S/C18H25FO2/c1-6-21-16(20)15(19)12-7-8-13-14(11-12)18(4,5)10-9-17(13,2)3/h7-8,11,15H,6,9-10H2,1-5H3. The highest BCUT2D eigenvalue weighted by molar-refractivity contribution is 5.76. The first kappa shape index (κ1) is 16.0. The molecule has 0 saturated carbocycles. The van der Waals surface area contributed by atoms with Crippen molar-refractivity contribution in [2.45, 2.75) is 64.5 Å². The molecule has 0 aromatic heterocycles. The van der Waals surface area contributed by atoms with Crippen LogP contribution in [0.2, 0.25) is 0 Å². The van der Waals surface area contributed by atoms with Gasteiger partial charge >= 0.3 is 5.97 Å². The van der Waals surface area contributed by atoms with Gasteiger partial charge in [-0.05, 0) is 47.3 Å². The molecule has 2 nitrogen and oxygen atoms in total. The third-order valence-corrected chi connectivity index (χ3v) is 4.66. The van der Waals surface area contributed by atoms with Crippen LogP contribution >= 0.6 is 0 Å². The highest BCUT2D eigenvalue weighted by atomic mass is 19.1. The van der Waals surface area contributed by atoms with Crippen LogP contribution in [-0.2, 0) is 20.4 Å². The predicted molar refractivity (Wildman–Crippen MR) is 82.2 cm³/mol. The number of hydrogen-bond donors (Lipinski definition) is 0. The van der Waals surface area contributed by atoms with Gasteiger partial charge in [0.1, 0.15) is 0 Å². The molecule has 0 amide bonds. The van der Waals surface area contributed by atoms with Gasteiger partial charge < -0.3 is 4.74 Å². The smallest absolute Gasteiger partial charge is 0.345 e. The zero-order valence-electron chi connectivity index (χ0n) is 13.6. The van der Waals surface area contributed by atoms with E-state index in [1.165, 1.54) is 5.56 Å². The Balaban J connectivity index is 2.44. The van der Waals surface area contributed by atoms with E-state index in [-0.39, 0.29) is 17.4 Å². The lowest BCUT2D eigenvalue weighted by atomic mass is 9.63. The molecule has 0 fully saturated rings. The highest BCUT2D eigenvalue weighted by Crippen LogP contribution is 2.46. The average molecular weight is 292 g/mol. The van der Waals surface area contributed by atoms with E-state index in [0.717, 1.165) is 18.4 Å². The summed E-state index contributed by atoms with van der Waals surface area (Å²) in [7, 11) is 0. The van der Waals surface area contributed by atoms with E-state index in [9.17, 15) is 9.18 Å². The highest BCUT2D eigenvalue weighted by Gasteiger charge is 2.37. The lowest BCUT2D eigenvalue weighted by Gasteiger charge is -2.42. The predicted octanol–water partition coefficient (Wildman–Crippen LogP) is 4.61.